The summed E-state index contributed by atoms with van der Waals surface area (Å²) in [5, 5.41) is 0.756. The predicted octanol–water partition coefficient (Wildman–Crippen LogP) is 2.60. The molecular formula is C11H17ClN2S. The van der Waals surface area contributed by atoms with Gasteiger partial charge in [-0.3, -0.25) is 0 Å². The van der Waals surface area contributed by atoms with E-state index in [9.17, 15) is 0 Å². The van der Waals surface area contributed by atoms with Crippen molar-refractivity contribution in [2.24, 2.45) is 5.73 Å². The normalized spacial score (nSPS) is 10.4. The van der Waals surface area contributed by atoms with Crippen LogP contribution in [0.4, 0.5) is 5.69 Å². The molecule has 0 spiro atoms. The van der Waals surface area contributed by atoms with Crippen LogP contribution in [0.15, 0.2) is 18.2 Å². The third-order valence-corrected chi connectivity index (χ3v) is 3.29. The van der Waals surface area contributed by atoms with Crippen molar-refractivity contribution < 1.29 is 0 Å². The molecule has 0 aliphatic heterocycles. The minimum atomic E-state index is 0.485. The van der Waals surface area contributed by atoms with E-state index in [1.165, 1.54) is 0 Å². The summed E-state index contributed by atoms with van der Waals surface area (Å²) >= 11 is 7.93. The SMILES string of the molecule is CSCCN(C)c1cccc(Cl)c1CN. The minimum absolute atomic E-state index is 0.485. The third-order valence-electron chi connectivity index (χ3n) is 2.34. The van der Waals surface area contributed by atoms with E-state index in [0.29, 0.717) is 6.54 Å². The van der Waals surface area contributed by atoms with Gasteiger partial charge < -0.3 is 10.6 Å². The van der Waals surface area contributed by atoms with Crippen molar-refractivity contribution in [3.8, 4) is 0 Å². The number of hydrogen-bond donors (Lipinski definition) is 1. The van der Waals surface area contributed by atoms with E-state index in [-0.39, 0.29) is 0 Å². The van der Waals surface area contributed by atoms with E-state index in [2.05, 4.69) is 24.3 Å². The van der Waals surface area contributed by atoms with Gasteiger partial charge in [0.25, 0.3) is 0 Å². The van der Waals surface area contributed by atoms with Crippen LogP contribution in [0.1, 0.15) is 5.56 Å². The lowest BCUT2D eigenvalue weighted by atomic mass is 10.1. The molecule has 2 nitrogen and oxygen atoms in total. The van der Waals surface area contributed by atoms with Crippen LogP contribution in [0.3, 0.4) is 0 Å². The molecule has 0 saturated carbocycles. The summed E-state index contributed by atoms with van der Waals surface area (Å²) in [5.74, 6) is 1.10. The lowest BCUT2D eigenvalue weighted by Crippen LogP contribution is -2.22. The topological polar surface area (TPSA) is 29.3 Å². The summed E-state index contributed by atoms with van der Waals surface area (Å²) in [4.78, 5) is 2.20. The van der Waals surface area contributed by atoms with Gasteiger partial charge in [-0.2, -0.15) is 11.8 Å². The Morgan fingerprint density at radius 3 is 2.80 bits per heavy atom. The first-order chi connectivity index (χ1) is 7.20. The van der Waals surface area contributed by atoms with Crippen LogP contribution in [0, 0.1) is 0 Å². The first-order valence-corrected chi connectivity index (χ1v) is 6.65. The maximum absolute atomic E-state index is 6.10. The highest BCUT2D eigenvalue weighted by Gasteiger charge is 2.08. The van der Waals surface area contributed by atoms with Gasteiger partial charge in [0, 0.05) is 42.2 Å². The highest BCUT2D eigenvalue weighted by molar-refractivity contribution is 7.98. The summed E-state index contributed by atoms with van der Waals surface area (Å²) in [6.45, 7) is 1.49. The number of benzene rings is 1. The zero-order valence-electron chi connectivity index (χ0n) is 9.16. The average Bonchev–Trinajstić information content (AvgIpc) is 2.25. The molecule has 0 unspecified atom stereocenters. The molecular weight excluding hydrogens is 228 g/mol. The van der Waals surface area contributed by atoms with Crippen molar-refractivity contribution in [3.63, 3.8) is 0 Å². The van der Waals surface area contributed by atoms with Gasteiger partial charge in [-0.1, -0.05) is 17.7 Å². The van der Waals surface area contributed by atoms with E-state index < -0.39 is 0 Å². The van der Waals surface area contributed by atoms with Crippen LogP contribution in [0.25, 0.3) is 0 Å². The number of hydrogen-bond acceptors (Lipinski definition) is 3. The largest absolute Gasteiger partial charge is 0.373 e. The summed E-state index contributed by atoms with van der Waals surface area (Å²) < 4.78 is 0. The van der Waals surface area contributed by atoms with Crippen LogP contribution in [-0.4, -0.2) is 25.6 Å². The molecule has 4 heteroatoms. The van der Waals surface area contributed by atoms with Gasteiger partial charge in [-0.15, -0.1) is 0 Å². The van der Waals surface area contributed by atoms with E-state index in [0.717, 1.165) is 28.6 Å². The van der Waals surface area contributed by atoms with E-state index in [4.69, 9.17) is 17.3 Å². The van der Waals surface area contributed by atoms with Crippen LogP contribution in [0.5, 0.6) is 0 Å². The number of rotatable bonds is 5. The molecule has 0 radical (unpaired) electrons. The fourth-order valence-corrected chi connectivity index (χ4v) is 2.16. The Kier molecular flexibility index (Phi) is 5.29. The number of thioether (sulfide) groups is 1. The van der Waals surface area contributed by atoms with E-state index in [1.807, 2.05) is 23.9 Å². The second kappa shape index (κ2) is 6.26. The number of anilines is 1. The minimum Gasteiger partial charge on any atom is -0.373 e. The maximum Gasteiger partial charge on any atom is 0.0471 e. The summed E-state index contributed by atoms with van der Waals surface area (Å²) in [6.07, 6.45) is 2.11. The summed E-state index contributed by atoms with van der Waals surface area (Å²) in [5.41, 5.74) is 7.87. The molecule has 0 heterocycles. The van der Waals surface area contributed by atoms with Crippen molar-refractivity contribution in [1.82, 2.24) is 0 Å². The van der Waals surface area contributed by atoms with E-state index >= 15 is 0 Å². The fraction of sp³-hybridized carbons (Fsp3) is 0.455. The van der Waals surface area contributed by atoms with Gasteiger partial charge >= 0.3 is 0 Å². The van der Waals surface area contributed by atoms with Gasteiger partial charge in [0.15, 0.2) is 0 Å². The second-order valence-electron chi connectivity index (χ2n) is 3.36. The Morgan fingerprint density at radius 2 is 2.20 bits per heavy atom. The van der Waals surface area contributed by atoms with Crippen LogP contribution >= 0.6 is 23.4 Å². The van der Waals surface area contributed by atoms with Gasteiger partial charge in [-0.25, -0.2) is 0 Å². The molecule has 1 aromatic rings. The van der Waals surface area contributed by atoms with E-state index in [1.54, 1.807) is 0 Å². The van der Waals surface area contributed by atoms with Gasteiger partial charge in [0.2, 0.25) is 0 Å². The van der Waals surface area contributed by atoms with Crippen LogP contribution in [-0.2, 0) is 6.54 Å². The van der Waals surface area contributed by atoms with Crippen LogP contribution in [0.2, 0.25) is 5.02 Å². The molecule has 0 aliphatic rings. The van der Waals surface area contributed by atoms with Crippen molar-refractivity contribution >= 4 is 29.1 Å². The maximum atomic E-state index is 6.10. The fourth-order valence-electron chi connectivity index (χ4n) is 1.46. The molecule has 0 aromatic heterocycles. The first kappa shape index (κ1) is 12.7. The van der Waals surface area contributed by atoms with Crippen molar-refractivity contribution in [2.75, 3.05) is 30.5 Å². The number of nitrogens with two attached hydrogens (primary N) is 1. The molecule has 2 N–H and O–H groups in total. The third kappa shape index (κ3) is 3.30. The molecule has 0 amide bonds. The van der Waals surface area contributed by atoms with Crippen LogP contribution < -0.4 is 10.6 Å². The summed E-state index contributed by atoms with van der Waals surface area (Å²) in [7, 11) is 2.07. The quantitative estimate of drug-likeness (QED) is 0.864. The molecule has 0 bridgehead atoms. The Bertz CT molecular complexity index is 317. The highest BCUT2D eigenvalue weighted by atomic mass is 35.5. The lowest BCUT2D eigenvalue weighted by Gasteiger charge is -2.22. The molecule has 0 aliphatic carbocycles. The van der Waals surface area contributed by atoms with Crippen molar-refractivity contribution in [3.05, 3.63) is 28.8 Å². The number of halogens is 1. The number of nitrogens with zero attached hydrogens (tertiary/aromatic N) is 1. The Morgan fingerprint density at radius 1 is 1.47 bits per heavy atom. The average molecular weight is 245 g/mol. The smallest absolute Gasteiger partial charge is 0.0471 e. The summed E-state index contributed by atoms with van der Waals surface area (Å²) in [6, 6.07) is 5.91. The second-order valence-corrected chi connectivity index (χ2v) is 4.75. The highest BCUT2D eigenvalue weighted by Crippen LogP contribution is 2.26. The molecule has 1 rings (SSSR count). The Hall–Kier alpha value is -0.380. The Labute approximate surface area is 101 Å². The molecule has 84 valence electrons. The zero-order chi connectivity index (χ0) is 11.3. The van der Waals surface area contributed by atoms with Gasteiger partial charge in [0.1, 0.15) is 0 Å². The standard InChI is InChI=1S/C11H17ClN2S/c1-14(6-7-15-2)11-5-3-4-10(12)9(11)8-13/h3-5H,6-8,13H2,1-2H3. The Balaban J connectivity index is 2.87. The molecule has 15 heavy (non-hydrogen) atoms. The van der Waals surface area contributed by atoms with Crippen molar-refractivity contribution in [1.29, 1.82) is 0 Å². The van der Waals surface area contributed by atoms with Crippen molar-refractivity contribution in [2.45, 2.75) is 6.54 Å². The molecule has 0 atom stereocenters. The monoisotopic (exact) mass is 244 g/mol. The van der Waals surface area contributed by atoms with Gasteiger partial charge in [0.05, 0.1) is 0 Å². The zero-order valence-corrected chi connectivity index (χ0v) is 10.7. The molecule has 0 fully saturated rings. The first-order valence-electron chi connectivity index (χ1n) is 4.88. The van der Waals surface area contributed by atoms with Gasteiger partial charge in [-0.05, 0) is 18.4 Å². The molecule has 0 saturated heterocycles. The predicted molar refractivity (Wildman–Crippen MR) is 71.0 cm³/mol. The molecule has 1 aromatic carbocycles. The lowest BCUT2D eigenvalue weighted by molar-refractivity contribution is 0.949.